The van der Waals surface area contributed by atoms with Gasteiger partial charge in [-0.2, -0.15) is 0 Å². The molecule has 0 aliphatic heterocycles. The van der Waals surface area contributed by atoms with Crippen molar-refractivity contribution in [2.24, 2.45) is 11.3 Å². The number of aliphatic hydroxyl groups is 4. The lowest BCUT2D eigenvalue weighted by Crippen LogP contribution is -2.48. The summed E-state index contributed by atoms with van der Waals surface area (Å²) in [5.74, 6) is -0.463. The van der Waals surface area contributed by atoms with E-state index in [0.717, 1.165) is 100 Å². The molecule has 0 saturated heterocycles. The molecule has 0 heterocycles. The molecule has 0 radical (unpaired) electrons. The molecule has 294 valence electrons. The molecule has 2 aliphatic rings. The van der Waals surface area contributed by atoms with Gasteiger partial charge >= 0.3 is 5.97 Å². The van der Waals surface area contributed by atoms with Crippen LogP contribution >= 0.6 is 0 Å². The van der Waals surface area contributed by atoms with Crippen molar-refractivity contribution in [2.45, 2.75) is 153 Å². The maximum Gasteiger partial charge on any atom is 0.303 e. The first-order chi connectivity index (χ1) is 25.4. The number of unbranched alkanes of at least 4 members (excludes halogenated alkanes) is 2. The van der Waals surface area contributed by atoms with Gasteiger partial charge in [0.1, 0.15) is 5.75 Å². The molecule has 4 rings (SSSR count). The molecule has 0 bridgehead atoms. The number of aromatic hydroxyl groups is 1. The first kappa shape index (κ1) is 42.7. The zero-order valence-corrected chi connectivity index (χ0v) is 32.3. The molecule has 0 amide bonds. The van der Waals surface area contributed by atoms with Crippen LogP contribution in [0.3, 0.4) is 0 Å². The van der Waals surface area contributed by atoms with Gasteiger partial charge in [0.15, 0.2) is 0 Å². The standard InChI is InChI=1S/C45H67NO7/c1-3-4-5-14-38(48)24-21-36-19-17-34-11-6-7-12-35(34)18-20-37(13-10-27-45(30-42(51)52)25-8-9-26-45)43(41(36)28-40(50)31-47)46-32-44(2,53)29-33-15-22-39(49)23-16-33/h6-7,11-12,15-16,21-24,37-38,40,43,46-50,53H,3-5,8-10,13-14,17-20,25-32H2,1-2H3,(H,51,52)/t37-,38-,40-,43+,44-/m0/s1. The van der Waals surface area contributed by atoms with Crippen LogP contribution in [0.4, 0.5) is 0 Å². The predicted molar refractivity (Wildman–Crippen MR) is 212 cm³/mol. The summed E-state index contributed by atoms with van der Waals surface area (Å²) >= 11 is 0. The van der Waals surface area contributed by atoms with Gasteiger partial charge in [-0.05, 0) is 122 Å². The maximum absolute atomic E-state index is 11.9. The Kier molecular flexibility index (Phi) is 17.1. The highest BCUT2D eigenvalue weighted by Crippen LogP contribution is 2.46. The van der Waals surface area contributed by atoms with E-state index >= 15 is 0 Å². The third kappa shape index (κ3) is 14.0. The Bertz CT molecular complexity index is 1460. The third-order valence-electron chi connectivity index (χ3n) is 11.8. The molecule has 5 atom stereocenters. The molecule has 7 N–H and O–H groups in total. The number of aliphatic carboxylic acids is 1. The average molecular weight is 734 g/mol. The van der Waals surface area contributed by atoms with Crippen LogP contribution in [-0.4, -0.2) is 73.6 Å². The molecular weight excluding hydrogens is 666 g/mol. The molecule has 1 saturated carbocycles. The van der Waals surface area contributed by atoms with E-state index in [0.29, 0.717) is 19.3 Å². The second kappa shape index (κ2) is 21.2. The second-order valence-corrected chi connectivity index (χ2v) is 16.4. The number of phenols is 1. The number of fused-ring (bicyclic) bond motifs is 1. The maximum atomic E-state index is 11.9. The number of allylic oxidation sites excluding steroid dienone is 2. The predicted octanol–water partition coefficient (Wildman–Crippen LogP) is 7.58. The fourth-order valence-corrected chi connectivity index (χ4v) is 8.91. The minimum absolute atomic E-state index is 0.0904. The number of hydrogen-bond acceptors (Lipinski definition) is 7. The summed E-state index contributed by atoms with van der Waals surface area (Å²) in [4.78, 5) is 11.9. The van der Waals surface area contributed by atoms with Gasteiger partial charge in [-0.25, -0.2) is 0 Å². The van der Waals surface area contributed by atoms with E-state index in [4.69, 9.17) is 0 Å². The van der Waals surface area contributed by atoms with Gasteiger partial charge in [-0.1, -0.05) is 94.0 Å². The van der Waals surface area contributed by atoms with Crippen LogP contribution in [-0.2, 0) is 24.1 Å². The van der Waals surface area contributed by atoms with E-state index in [9.17, 15) is 35.4 Å². The number of nitrogens with one attached hydrogen (secondary N) is 1. The fraction of sp³-hybridized carbons (Fsp3) is 0.622. The first-order valence-electron chi connectivity index (χ1n) is 20.3. The van der Waals surface area contributed by atoms with Crippen molar-refractivity contribution in [1.29, 1.82) is 0 Å². The zero-order chi connectivity index (χ0) is 38.3. The van der Waals surface area contributed by atoms with Crippen LogP contribution in [0.25, 0.3) is 0 Å². The molecule has 8 heteroatoms. The first-order valence-corrected chi connectivity index (χ1v) is 20.3. The van der Waals surface area contributed by atoms with Crippen LogP contribution in [0.5, 0.6) is 5.75 Å². The topological polar surface area (TPSA) is 150 Å². The lowest BCUT2D eigenvalue weighted by atomic mass is 9.74. The Balaban J connectivity index is 1.75. The molecular formula is C45H67NO7. The lowest BCUT2D eigenvalue weighted by molar-refractivity contribution is -0.139. The smallest absolute Gasteiger partial charge is 0.303 e. The summed E-state index contributed by atoms with van der Waals surface area (Å²) in [6, 6.07) is 15.2. The Morgan fingerprint density at radius 1 is 1.00 bits per heavy atom. The highest BCUT2D eigenvalue weighted by atomic mass is 16.4. The summed E-state index contributed by atoms with van der Waals surface area (Å²) in [5.41, 5.74) is 4.23. The molecule has 0 aromatic heterocycles. The van der Waals surface area contributed by atoms with Crippen molar-refractivity contribution >= 4 is 5.97 Å². The van der Waals surface area contributed by atoms with Crippen molar-refractivity contribution in [3.05, 3.63) is 88.5 Å². The van der Waals surface area contributed by atoms with E-state index in [1.807, 2.05) is 31.2 Å². The number of aliphatic hydroxyl groups excluding tert-OH is 3. The van der Waals surface area contributed by atoms with Crippen molar-refractivity contribution in [3.63, 3.8) is 0 Å². The van der Waals surface area contributed by atoms with E-state index < -0.39 is 23.8 Å². The lowest BCUT2D eigenvalue weighted by Gasteiger charge is -2.37. The Hall–Kier alpha value is -3.01. The van der Waals surface area contributed by atoms with Crippen LogP contribution in [0.1, 0.15) is 127 Å². The largest absolute Gasteiger partial charge is 0.508 e. The molecule has 1 fully saturated rings. The second-order valence-electron chi connectivity index (χ2n) is 16.4. The summed E-state index contributed by atoms with van der Waals surface area (Å²) in [7, 11) is 0. The van der Waals surface area contributed by atoms with Gasteiger partial charge in [0.25, 0.3) is 0 Å². The van der Waals surface area contributed by atoms with Crippen molar-refractivity contribution in [1.82, 2.24) is 5.32 Å². The van der Waals surface area contributed by atoms with E-state index in [2.05, 4.69) is 36.5 Å². The number of carboxylic acids is 1. The fourth-order valence-electron chi connectivity index (χ4n) is 8.91. The third-order valence-corrected chi connectivity index (χ3v) is 11.8. The van der Waals surface area contributed by atoms with Gasteiger partial charge in [0.2, 0.25) is 0 Å². The number of phenolic OH excluding ortho intramolecular Hbond substituents is 1. The molecule has 53 heavy (non-hydrogen) atoms. The summed E-state index contributed by atoms with van der Waals surface area (Å²) in [6.45, 7) is 3.85. The van der Waals surface area contributed by atoms with E-state index in [1.54, 1.807) is 12.1 Å². The van der Waals surface area contributed by atoms with E-state index in [-0.39, 0.29) is 49.1 Å². The highest BCUT2D eigenvalue weighted by Gasteiger charge is 2.37. The van der Waals surface area contributed by atoms with Crippen LogP contribution < -0.4 is 5.32 Å². The number of rotatable bonds is 20. The molecule has 2 aromatic rings. The van der Waals surface area contributed by atoms with Gasteiger partial charge in [-0.15, -0.1) is 0 Å². The normalized spacial score (nSPS) is 21.6. The SMILES string of the molecule is CCCCC[C@H](O)C=CC1=C(C[C@H](O)CO)[C@H](NC[C@@](C)(O)Cc2ccc(O)cc2)[C@@H](CCCC2(CC(=O)O)CCCC2)CCc2ccccc2CC1. The molecule has 0 unspecified atom stereocenters. The Morgan fingerprint density at radius 2 is 1.70 bits per heavy atom. The van der Waals surface area contributed by atoms with Crippen LogP contribution in [0.2, 0.25) is 0 Å². The van der Waals surface area contributed by atoms with Gasteiger partial charge in [-0.3, -0.25) is 4.79 Å². The minimum Gasteiger partial charge on any atom is -0.508 e. The zero-order valence-electron chi connectivity index (χ0n) is 32.3. The summed E-state index contributed by atoms with van der Waals surface area (Å²) in [5, 5.41) is 67.4. The summed E-state index contributed by atoms with van der Waals surface area (Å²) < 4.78 is 0. The van der Waals surface area contributed by atoms with Gasteiger partial charge in [0.05, 0.1) is 30.8 Å². The minimum atomic E-state index is -1.13. The monoisotopic (exact) mass is 733 g/mol. The quantitative estimate of drug-likeness (QED) is 0.0689. The highest BCUT2D eigenvalue weighted by molar-refractivity contribution is 5.67. The van der Waals surface area contributed by atoms with Gasteiger partial charge in [0, 0.05) is 19.0 Å². The summed E-state index contributed by atoms with van der Waals surface area (Å²) in [6.07, 6.45) is 16.8. The van der Waals surface area contributed by atoms with Crippen molar-refractivity contribution in [3.8, 4) is 5.75 Å². The number of benzene rings is 2. The van der Waals surface area contributed by atoms with Crippen LogP contribution in [0.15, 0.2) is 71.8 Å². The number of hydrogen-bond donors (Lipinski definition) is 7. The number of aryl methyl sites for hydroxylation is 2. The molecule has 8 nitrogen and oxygen atoms in total. The Morgan fingerprint density at radius 3 is 2.36 bits per heavy atom. The van der Waals surface area contributed by atoms with Crippen molar-refractivity contribution in [2.75, 3.05) is 13.2 Å². The Labute approximate surface area is 318 Å². The number of carboxylic acid groups (broad SMARTS) is 1. The average Bonchev–Trinajstić information content (AvgIpc) is 3.58. The molecule has 2 aliphatic carbocycles. The van der Waals surface area contributed by atoms with Gasteiger partial charge < -0.3 is 36.0 Å². The van der Waals surface area contributed by atoms with Crippen molar-refractivity contribution < 1.29 is 35.4 Å². The molecule has 2 aromatic carbocycles. The molecule has 0 spiro atoms. The number of carbonyl (C=O) groups is 1. The van der Waals surface area contributed by atoms with E-state index in [1.165, 1.54) is 11.1 Å². The van der Waals surface area contributed by atoms with Crippen LogP contribution in [0, 0.1) is 11.3 Å².